The van der Waals surface area contributed by atoms with E-state index in [4.69, 9.17) is 9.47 Å². The van der Waals surface area contributed by atoms with Crippen molar-refractivity contribution in [2.45, 2.75) is 12.5 Å². The van der Waals surface area contributed by atoms with Crippen LogP contribution in [-0.4, -0.2) is 42.4 Å². The molecule has 6 nitrogen and oxygen atoms in total. The minimum Gasteiger partial charge on any atom is -0.454 e. The number of nitrogens with zero attached hydrogens (tertiary/aromatic N) is 3. The summed E-state index contributed by atoms with van der Waals surface area (Å²) in [6.45, 7) is 3.11. The second kappa shape index (κ2) is 5.81. The molecule has 1 aromatic heterocycles. The number of rotatable bonds is 3. The van der Waals surface area contributed by atoms with E-state index in [0.29, 0.717) is 12.8 Å². The number of hydrogen-bond donors (Lipinski definition) is 1. The van der Waals surface area contributed by atoms with Crippen molar-refractivity contribution in [3.8, 4) is 11.5 Å². The van der Waals surface area contributed by atoms with Crippen LogP contribution in [0, 0.1) is 0 Å². The van der Waals surface area contributed by atoms with Crippen LogP contribution in [0.4, 0.5) is 5.95 Å². The zero-order valence-electron chi connectivity index (χ0n) is 12.2. The molecule has 6 heteroatoms. The van der Waals surface area contributed by atoms with Gasteiger partial charge in [0.25, 0.3) is 0 Å². The van der Waals surface area contributed by atoms with Gasteiger partial charge in [-0.25, -0.2) is 9.97 Å². The first-order valence-corrected chi connectivity index (χ1v) is 7.53. The standard InChI is InChI=1S/C16H18N4O2/c1-4-18-16(19-5-1)20-7-6-17-10-13(20)8-12-2-3-14-15(9-12)22-11-21-14/h1-5,9,13,17H,6-8,10-11H2. The molecule has 1 atom stereocenters. The predicted octanol–water partition coefficient (Wildman–Crippen LogP) is 1.23. The van der Waals surface area contributed by atoms with E-state index in [9.17, 15) is 0 Å². The summed E-state index contributed by atoms with van der Waals surface area (Å²) in [5, 5.41) is 3.45. The average Bonchev–Trinajstić information content (AvgIpc) is 3.04. The van der Waals surface area contributed by atoms with Crippen LogP contribution >= 0.6 is 0 Å². The molecule has 22 heavy (non-hydrogen) atoms. The van der Waals surface area contributed by atoms with Crippen LogP contribution in [0.3, 0.4) is 0 Å². The molecular weight excluding hydrogens is 280 g/mol. The molecule has 0 spiro atoms. The molecular formula is C16H18N4O2. The third-order valence-electron chi connectivity index (χ3n) is 4.07. The van der Waals surface area contributed by atoms with Crippen LogP contribution in [0.25, 0.3) is 0 Å². The van der Waals surface area contributed by atoms with Crippen LogP contribution < -0.4 is 19.7 Å². The van der Waals surface area contributed by atoms with Gasteiger partial charge in [-0.15, -0.1) is 0 Å². The van der Waals surface area contributed by atoms with E-state index in [0.717, 1.165) is 43.5 Å². The SMILES string of the molecule is c1cnc(N2CCNCC2Cc2ccc3c(c2)OCO3)nc1. The molecule has 0 amide bonds. The Morgan fingerprint density at radius 2 is 2.05 bits per heavy atom. The van der Waals surface area contributed by atoms with Gasteiger partial charge >= 0.3 is 0 Å². The smallest absolute Gasteiger partial charge is 0.231 e. The van der Waals surface area contributed by atoms with Gasteiger partial charge < -0.3 is 19.7 Å². The van der Waals surface area contributed by atoms with Gasteiger partial charge in [0.2, 0.25) is 12.7 Å². The molecule has 2 aliphatic rings. The lowest BCUT2D eigenvalue weighted by molar-refractivity contribution is 0.174. The summed E-state index contributed by atoms with van der Waals surface area (Å²) in [6.07, 6.45) is 4.51. The second-order valence-electron chi connectivity index (χ2n) is 5.49. The highest BCUT2D eigenvalue weighted by atomic mass is 16.7. The molecule has 1 aromatic carbocycles. The molecule has 1 fully saturated rings. The number of anilines is 1. The average molecular weight is 298 g/mol. The summed E-state index contributed by atoms with van der Waals surface area (Å²) in [5.41, 5.74) is 1.24. The Morgan fingerprint density at radius 3 is 2.95 bits per heavy atom. The summed E-state index contributed by atoms with van der Waals surface area (Å²) < 4.78 is 10.8. The third-order valence-corrected chi connectivity index (χ3v) is 4.07. The lowest BCUT2D eigenvalue weighted by Gasteiger charge is -2.36. The van der Waals surface area contributed by atoms with Gasteiger partial charge in [0, 0.05) is 38.1 Å². The summed E-state index contributed by atoms with van der Waals surface area (Å²) in [4.78, 5) is 11.1. The van der Waals surface area contributed by atoms with Gasteiger partial charge in [0.1, 0.15) is 0 Å². The van der Waals surface area contributed by atoms with E-state index in [1.165, 1.54) is 5.56 Å². The number of benzene rings is 1. The quantitative estimate of drug-likeness (QED) is 0.919. The van der Waals surface area contributed by atoms with Gasteiger partial charge in [-0.2, -0.15) is 0 Å². The summed E-state index contributed by atoms with van der Waals surface area (Å²) in [6, 6.07) is 8.33. The lowest BCUT2D eigenvalue weighted by atomic mass is 10.0. The van der Waals surface area contributed by atoms with Crippen LogP contribution in [-0.2, 0) is 6.42 Å². The van der Waals surface area contributed by atoms with Crippen molar-refractivity contribution in [1.29, 1.82) is 0 Å². The molecule has 4 rings (SSSR count). The molecule has 0 radical (unpaired) electrons. The van der Waals surface area contributed by atoms with Crippen molar-refractivity contribution in [3.63, 3.8) is 0 Å². The molecule has 2 aliphatic heterocycles. The summed E-state index contributed by atoms with van der Waals surface area (Å²) >= 11 is 0. The van der Waals surface area contributed by atoms with Crippen molar-refractivity contribution < 1.29 is 9.47 Å². The first-order valence-electron chi connectivity index (χ1n) is 7.53. The van der Waals surface area contributed by atoms with Crippen LogP contribution in [0.5, 0.6) is 11.5 Å². The van der Waals surface area contributed by atoms with E-state index in [1.54, 1.807) is 12.4 Å². The maximum atomic E-state index is 5.46. The third kappa shape index (κ3) is 2.57. The zero-order valence-corrected chi connectivity index (χ0v) is 12.2. The Hall–Kier alpha value is -2.34. The first kappa shape index (κ1) is 13.3. The van der Waals surface area contributed by atoms with E-state index in [-0.39, 0.29) is 0 Å². The largest absolute Gasteiger partial charge is 0.454 e. The van der Waals surface area contributed by atoms with Gasteiger partial charge in [0.15, 0.2) is 11.5 Å². The van der Waals surface area contributed by atoms with Gasteiger partial charge in [-0.05, 0) is 30.2 Å². The van der Waals surface area contributed by atoms with Crippen LogP contribution in [0.2, 0.25) is 0 Å². The number of aromatic nitrogens is 2. The molecule has 0 bridgehead atoms. The Bertz CT molecular complexity index is 650. The summed E-state index contributed by atoms with van der Waals surface area (Å²) in [5.74, 6) is 2.47. The topological polar surface area (TPSA) is 59.5 Å². The molecule has 114 valence electrons. The van der Waals surface area contributed by atoms with E-state index in [1.807, 2.05) is 12.1 Å². The fourth-order valence-electron chi connectivity index (χ4n) is 2.99. The Morgan fingerprint density at radius 1 is 1.18 bits per heavy atom. The molecule has 3 heterocycles. The highest BCUT2D eigenvalue weighted by Gasteiger charge is 2.25. The van der Waals surface area contributed by atoms with Crippen LogP contribution in [0.15, 0.2) is 36.7 Å². The van der Waals surface area contributed by atoms with Crippen LogP contribution in [0.1, 0.15) is 5.56 Å². The van der Waals surface area contributed by atoms with Gasteiger partial charge in [-0.1, -0.05) is 6.07 Å². The minimum atomic E-state index is 0.313. The van der Waals surface area contributed by atoms with E-state index >= 15 is 0 Å². The maximum absolute atomic E-state index is 5.46. The molecule has 1 N–H and O–H groups in total. The maximum Gasteiger partial charge on any atom is 0.231 e. The minimum absolute atomic E-state index is 0.313. The molecule has 2 aromatic rings. The Balaban J connectivity index is 1.55. The predicted molar refractivity (Wildman–Crippen MR) is 82.3 cm³/mol. The fraction of sp³-hybridized carbons (Fsp3) is 0.375. The Labute approximate surface area is 129 Å². The number of piperazine rings is 1. The van der Waals surface area contributed by atoms with Crippen molar-refractivity contribution in [2.24, 2.45) is 0 Å². The summed E-state index contributed by atoms with van der Waals surface area (Å²) in [7, 11) is 0. The van der Waals surface area contributed by atoms with Crippen molar-refractivity contribution >= 4 is 5.95 Å². The van der Waals surface area contributed by atoms with E-state index in [2.05, 4.69) is 32.3 Å². The fourth-order valence-corrected chi connectivity index (χ4v) is 2.99. The van der Waals surface area contributed by atoms with Crippen molar-refractivity contribution in [1.82, 2.24) is 15.3 Å². The monoisotopic (exact) mass is 298 g/mol. The Kier molecular flexibility index (Phi) is 3.52. The molecule has 1 unspecified atom stereocenters. The van der Waals surface area contributed by atoms with E-state index < -0.39 is 0 Å². The van der Waals surface area contributed by atoms with Crippen molar-refractivity contribution in [3.05, 3.63) is 42.2 Å². The first-order chi connectivity index (χ1) is 10.9. The highest BCUT2D eigenvalue weighted by Crippen LogP contribution is 2.33. The zero-order chi connectivity index (χ0) is 14.8. The normalized spacial score (nSPS) is 20.2. The number of ether oxygens (including phenoxy) is 2. The highest BCUT2D eigenvalue weighted by molar-refractivity contribution is 5.45. The number of fused-ring (bicyclic) bond motifs is 1. The van der Waals surface area contributed by atoms with Crippen molar-refractivity contribution in [2.75, 3.05) is 31.3 Å². The second-order valence-corrected chi connectivity index (χ2v) is 5.49. The number of hydrogen-bond acceptors (Lipinski definition) is 6. The van der Waals surface area contributed by atoms with Gasteiger partial charge in [0.05, 0.1) is 0 Å². The lowest BCUT2D eigenvalue weighted by Crippen LogP contribution is -2.53. The molecule has 0 aliphatic carbocycles. The van der Waals surface area contributed by atoms with Gasteiger partial charge in [-0.3, -0.25) is 0 Å². The number of nitrogens with one attached hydrogen (secondary N) is 1. The molecule has 0 saturated carbocycles. The molecule has 1 saturated heterocycles.